The Kier molecular flexibility index (Phi) is 4.76. The maximum atomic E-state index is 9.81. The lowest BCUT2D eigenvalue weighted by Gasteiger charge is -2.10. The highest BCUT2D eigenvalue weighted by Crippen LogP contribution is 2.20. The van der Waals surface area contributed by atoms with Gasteiger partial charge in [0.15, 0.2) is 0 Å². The summed E-state index contributed by atoms with van der Waals surface area (Å²) in [4.78, 5) is 0. The molecule has 0 bridgehead atoms. The molecule has 2 rings (SSSR count). The van der Waals surface area contributed by atoms with Gasteiger partial charge in [-0.15, -0.1) is 6.58 Å². The maximum Gasteiger partial charge on any atom is 0.119 e. The number of hydrogen-bond acceptors (Lipinski definition) is 2. The topological polar surface area (TPSA) is 29.5 Å². The molecule has 19 heavy (non-hydrogen) atoms. The Morgan fingerprint density at radius 1 is 1.05 bits per heavy atom. The number of aliphatic hydroxyl groups is 1. The first-order chi connectivity index (χ1) is 9.29. The molecule has 2 nitrogen and oxygen atoms in total. The molecule has 0 amide bonds. The van der Waals surface area contributed by atoms with Crippen molar-refractivity contribution in [2.45, 2.75) is 19.1 Å². The van der Waals surface area contributed by atoms with E-state index in [0.717, 1.165) is 16.9 Å². The number of hydrogen-bond donors (Lipinski definition) is 1. The third kappa shape index (κ3) is 3.97. The van der Waals surface area contributed by atoms with E-state index in [4.69, 9.17) is 4.74 Å². The molecule has 0 unspecified atom stereocenters. The van der Waals surface area contributed by atoms with Crippen molar-refractivity contribution in [2.75, 3.05) is 0 Å². The Morgan fingerprint density at radius 3 is 2.37 bits per heavy atom. The molecule has 0 saturated carbocycles. The molecule has 98 valence electrons. The summed E-state index contributed by atoms with van der Waals surface area (Å²) in [5.74, 6) is 0.804. The van der Waals surface area contributed by atoms with E-state index in [0.29, 0.717) is 13.0 Å². The minimum absolute atomic E-state index is 0.485. The van der Waals surface area contributed by atoms with Crippen molar-refractivity contribution >= 4 is 0 Å². The van der Waals surface area contributed by atoms with Crippen molar-refractivity contribution in [1.82, 2.24) is 0 Å². The lowest BCUT2D eigenvalue weighted by molar-refractivity contribution is 0.181. The summed E-state index contributed by atoms with van der Waals surface area (Å²) in [6.45, 7) is 4.17. The van der Waals surface area contributed by atoms with Crippen molar-refractivity contribution in [2.24, 2.45) is 0 Å². The smallest absolute Gasteiger partial charge is 0.119 e. The highest BCUT2D eigenvalue weighted by atomic mass is 16.5. The zero-order valence-corrected chi connectivity index (χ0v) is 10.8. The predicted molar refractivity (Wildman–Crippen MR) is 77.0 cm³/mol. The summed E-state index contributed by atoms with van der Waals surface area (Å²) in [5, 5.41) is 9.81. The molecule has 0 aliphatic carbocycles. The minimum atomic E-state index is -0.485. The van der Waals surface area contributed by atoms with E-state index in [2.05, 4.69) is 6.58 Å². The molecule has 1 N–H and O–H groups in total. The van der Waals surface area contributed by atoms with Crippen LogP contribution in [0.25, 0.3) is 0 Å². The van der Waals surface area contributed by atoms with Crippen LogP contribution in [-0.4, -0.2) is 5.11 Å². The van der Waals surface area contributed by atoms with Crippen LogP contribution in [0.5, 0.6) is 5.75 Å². The summed E-state index contributed by atoms with van der Waals surface area (Å²) in [6, 6.07) is 17.6. The van der Waals surface area contributed by atoms with E-state index < -0.39 is 6.10 Å². The first-order valence-corrected chi connectivity index (χ1v) is 6.35. The Bertz CT molecular complexity index is 503. The van der Waals surface area contributed by atoms with Gasteiger partial charge in [-0.05, 0) is 29.7 Å². The van der Waals surface area contributed by atoms with Gasteiger partial charge in [0.2, 0.25) is 0 Å². The molecule has 0 aromatic heterocycles. The van der Waals surface area contributed by atoms with Crippen molar-refractivity contribution < 1.29 is 9.84 Å². The molecule has 2 aromatic rings. The van der Waals surface area contributed by atoms with Crippen molar-refractivity contribution in [3.63, 3.8) is 0 Å². The van der Waals surface area contributed by atoms with Gasteiger partial charge in [0, 0.05) is 0 Å². The molecular formula is C17H18O2. The molecule has 0 heterocycles. The lowest BCUT2D eigenvalue weighted by Crippen LogP contribution is -1.97. The molecule has 0 aliphatic rings. The molecule has 0 spiro atoms. The van der Waals surface area contributed by atoms with Gasteiger partial charge >= 0.3 is 0 Å². The Hall–Kier alpha value is -2.06. The predicted octanol–water partition coefficient (Wildman–Crippen LogP) is 3.88. The van der Waals surface area contributed by atoms with Gasteiger partial charge in [0.25, 0.3) is 0 Å². The van der Waals surface area contributed by atoms with Crippen LogP contribution < -0.4 is 4.74 Å². The molecule has 0 fully saturated rings. The quantitative estimate of drug-likeness (QED) is 0.793. The van der Waals surface area contributed by atoms with Gasteiger partial charge in [-0.2, -0.15) is 0 Å². The average molecular weight is 254 g/mol. The molecule has 0 radical (unpaired) electrons. The Morgan fingerprint density at radius 2 is 1.74 bits per heavy atom. The first kappa shape index (κ1) is 13.4. The number of benzene rings is 2. The summed E-state index contributed by atoms with van der Waals surface area (Å²) >= 11 is 0. The zero-order valence-electron chi connectivity index (χ0n) is 10.8. The normalized spacial score (nSPS) is 11.8. The SMILES string of the molecule is C=CC[C@H](O)c1ccc(OCc2ccccc2)cc1. The van der Waals surface area contributed by atoms with E-state index in [1.807, 2.05) is 54.6 Å². The largest absolute Gasteiger partial charge is 0.489 e. The first-order valence-electron chi connectivity index (χ1n) is 6.35. The fraction of sp³-hybridized carbons (Fsp3) is 0.176. The van der Waals surface area contributed by atoms with E-state index in [1.165, 1.54) is 0 Å². The van der Waals surface area contributed by atoms with Crippen LogP contribution in [0.2, 0.25) is 0 Å². The third-order valence-corrected chi connectivity index (χ3v) is 2.90. The van der Waals surface area contributed by atoms with Crippen LogP contribution in [-0.2, 0) is 6.61 Å². The van der Waals surface area contributed by atoms with E-state index in [-0.39, 0.29) is 0 Å². The highest BCUT2D eigenvalue weighted by Gasteiger charge is 2.05. The van der Waals surface area contributed by atoms with Crippen LogP contribution in [0.3, 0.4) is 0 Å². The highest BCUT2D eigenvalue weighted by molar-refractivity contribution is 5.29. The van der Waals surface area contributed by atoms with Gasteiger partial charge in [0.05, 0.1) is 6.10 Å². The number of ether oxygens (including phenoxy) is 1. The molecular weight excluding hydrogens is 236 g/mol. The van der Waals surface area contributed by atoms with Gasteiger partial charge in [-0.1, -0.05) is 48.5 Å². The minimum Gasteiger partial charge on any atom is -0.489 e. The van der Waals surface area contributed by atoms with Crippen molar-refractivity contribution in [1.29, 1.82) is 0 Å². The van der Waals surface area contributed by atoms with E-state index in [1.54, 1.807) is 6.08 Å². The van der Waals surface area contributed by atoms with Crippen LogP contribution in [0.1, 0.15) is 23.7 Å². The summed E-state index contributed by atoms with van der Waals surface area (Å²) in [5.41, 5.74) is 2.02. The van der Waals surface area contributed by atoms with Crippen LogP contribution >= 0.6 is 0 Å². The fourth-order valence-corrected chi connectivity index (χ4v) is 1.82. The van der Waals surface area contributed by atoms with Crippen LogP contribution in [0, 0.1) is 0 Å². The molecule has 0 saturated heterocycles. The maximum absolute atomic E-state index is 9.81. The summed E-state index contributed by atoms with van der Waals surface area (Å²) in [7, 11) is 0. The third-order valence-electron chi connectivity index (χ3n) is 2.90. The second kappa shape index (κ2) is 6.76. The summed E-state index contributed by atoms with van der Waals surface area (Å²) < 4.78 is 5.68. The van der Waals surface area contributed by atoms with Crippen molar-refractivity contribution in [3.05, 3.63) is 78.4 Å². The second-order valence-corrected chi connectivity index (χ2v) is 4.38. The van der Waals surface area contributed by atoms with Gasteiger partial charge in [-0.25, -0.2) is 0 Å². The zero-order chi connectivity index (χ0) is 13.5. The Balaban J connectivity index is 1.93. The molecule has 2 aromatic carbocycles. The van der Waals surface area contributed by atoms with Crippen molar-refractivity contribution in [3.8, 4) is 5.75 Å². The standard InChI is InChI=1S/C17H18O2/c1-2-6-17(18)15-9-11-16(12-10-15)19-13-14-7-4-3-5-8-14/h2-5,7-12,17-18H,1,6,13H2/t17-/m0/s1. The van der Waals surface area contributed by atoms with E-state index in [9.17, 15) is 5.11 Å². The second-order valence-electron chi connectivity index (χ2n) is 4.38. The average Bonchev–Trinajstić information content (AvgIpc) is 2.47. The van der Waals surface area contributed by atoms with E-state index >= 15 is 0 Å². The summed E-state index contributed by atoms with van der Waals surface area (Å²) in [6.07, 6.45) is 1.79. The fourth-order valence-electron chi connectivity index (χ4n) is 1.82. The van der Waals surface area contributed by atoms with Crippen LogP contribution in [0.4, 0.5) is 0 Å². The number of aliphatic hydroxyl groups excluding tert-OH is 1. The molecule has 0 aliphatic heterocycles. The van der Waals surface area contributed by atoms with Gasteiger partial charge in [0.1, 0.15) is 12.4 Å². The monoisotopic (exact) mass is 254 g/mol. The Labute approximate surface area is 114 Å². The molecule has 1 atom stereocenters. The van der Waals surface area contributed by atoms with Crippen LogP contribution in [0.15, 0.2) is 67.3 Å². The van der Waals surface area contributed by atoms with Gasteiger partial charge < -0.3 is 9.84 Å². The lowest BCUT2D eigenvalue weighted by atomic mass is 10.1. The number of rotatable bonds is 6. The molecule has 2 heteroatoms. The van der Waals surface area contributed by atoms with Gasteiger partial charge in [-0.3, -0.25) is 0 Å².